The second-order valence-corrected chi connectivity index (χ2v) is 8.75. The minimum atomic E-state index is -1.21. The molecule has 3 aromatic rings. The van der Waals surface area contributed by atoms with E-state index in [1.165, 1.54) is 19.2 Å². The van der Waals surface area contributed by atoms with E-state index in [9.17, 15) is 18.4 Å². The first kappa shape index (κ1) is 26.5. The molecule has 4 rings (SSSR count). The number of halogens is 2. The van der Waals surface area contributed by atoms with Gasteiger partial charge in [-0.2, -0.15) is 0 Å². The lowest BCUT2D eigenvalue weighted by Crippen LogP contribution is -2.32. The van der Waals surface area contributed by atoms with Crippen LogP contribution in [0.3, 0.4) is 0 Å². The van der Waals surface area contributed by atoms with Crippen LogP contribution >= 0.6 is 0 Å². The van der Waals surface area contributed by atoms with Crippen molar-refractivity contribution >= 4 is 18.0 Å². The Morgan fingerprint density at radius 3 is 2.42 bits per heavy atom. The number of nitrogens with one attached hydrogen (secondary N) is 1. The van der Waals surface area contributed by atoms with Gasteiger partial charge in [-0.3, -0.25) is 0 Å². The van der Waals surface area contributed by atoms with Crippen molar-refractivity contribution in [3.05, 3.63) is 118 Å². The van der Waals surface area contributed by atoms with E-state index in [1.54, 1.807) is 32.4 Å². The molecule has 1 aromatic heterocycles. The molecule has 38 heavy (non-hydrogen) atoms. The van der Waals surface area contributed by atoms with Crippen LogP contribution in [-0.4, -0.2) is 35.2 Å². The highest BCUT2D eigenvalue weighted by Gasteiger charge is 2.39. The van der Waals surface area contributed by atoms with Gasteiger partial charge in [0.2, 0.25) is 0 Å². The average molecular weight is 520 g/mol. The summed E-state index contributed by atoms with van der Waals surface area (Å²) in [5.74, 6) is -4.98. The third-order valence-corrected chi connectivity index (χ3v) is 6.20. The highest BCUT2D eigenvalue weighted by atomic mass is 19.2. The lowest BCUT2D eigenvalue weighted by molar-refractivity contribution is -0.138. The molecule has 1 aliphatic heterocycles. The van der Waals surface area contributed by atoms with Crippen molar-refractivity contribution in [2.75, 3.05) is 13.7 Å². The minimum absolute atomic E-state index is 0.000810. The summed E-state index contributed by atoms with van der Waals surface area (Å²) in [5, 5.41) is 2.96. The number of esters is 2. The highest BCUT2D eigenvalue weighted by molar-refractivity contribution is 5.99. The first-order chi connectivity index (χ1) is 18.3. The van der Waals surface area contributed by atoms with Gasteiger partial charge in [0.15, 0.2) is 11.6 Å². The molecular weight excluding hydrogens is 492 g/mol. The number of carbonyl (C=O) groups is 2. The standard InChI is InChI=1S/C29H27F2N3O4/c1-18-24(28(35)37-3)26(22-7-4-8-23(30)27(22)31)25(19(2)33-18)29(36)38-15-5-6-20-9-11-21(12-10-20)16-34-14-13-32-17-34/h4-14,17,26,33H,15-16H2,1-3H3. The van der Waals surface area contributed by atoms with Crippen LogP contribution in [0.2, 0.25) is 0 Å². The Morgan fingerprint density at radius 2 is 1.76 bits per heavy atom. The lowest BCUT2D eigenvalue weighted by Gasteiger charge is -2.30. The molecule has 1 unspecified atom stereocenters. The zero-order chi connectivity index (χ0) is 27.2. The highest BCUT2D eigenvalue weighted by Crippen LogP contribution is 2.40. The quantitative estimate of drug-likeness (QED) is 0.428. The Kier molecular flexibility index (Phi) is 8.15. The molecule has 1 aliphatic rings. The van der Waals surface area contributed by atoms with Crippen LogP contribution in [0.25, 0.3) is 6.08 Å². The molecule has 2 heterocycles. The van der Waals surface area contributed by atoms with E-state index < -0.39 is 29.5 Å². The molecule has 1 N–H and O–H groups in total. The largest absolute Gasteiger partial charge is 0.466 e. The van der Waals surface area contributed by atoms with Gasteiger partial charge in [-0.1, -0.05) is 42.5 Å². The molecule has 9 heteroatoms. The van der Waals surface area contributed by atoms with Gasteiger partial charge in [0.1, 0.15) is 6.61 Å². The lowest BCUT2D eigenvalue weighted by atomic mass is 9.80. The smallest absolute Gasteiger partial charge is 0.337 e. The minimum Gasteiger partial charge on any atom is -0.466 e. The molecule has 0 spiro atoms. The number of rotatable bonds is 8. The number of nitrogens with zero attached hydrogens (tertiary/aromatic N) is 2. The van der Waals surface area contributed by atoms with Crippen molar-refractivity contribution in [2.24, 2.45) is 0 Å². The van der Waals surface area contributed by atoms with E-state index in [-0.39, 0.29) is 23.3 Å². The van der Waals surface area contributed by atoms with Crippen molar-refractivity contribution in [3.8, 4) is 0 Å². The van der Waals surface area contributed by atoms with Crippen molar-refractivity contribution in [2.45, 2.75) is 26.3 Å². The number of benzene rings is 2. The van der Waals surface area contributed by atoms with Gasteiger partial charge in [0.25, 0.3) is 0 Å². The fourth-order valence-electron chi connectivity index (χ4n) is 4.41. The molecule has 0 aliphatic carbocycles. The zero-order valence-electron chi connectivity index (χ0n) is 21.2. The first-order valence-corrected chi connectivity index (χ1v) is 11.9. The van der Waals surface area contributed by atoms with Crippen molar-refractivity contribution in [3.63, 3.8) is 0 Å². The summed E-state index contributed by atoms with van der Waals surface area (Å²) in [6.07, 6.45) is 8.85. The summed E-state index contributed by atoms with van der Waals surface area (Å²) in [4.78, 5) is 29.9. The average Bonchev–Trinajstić information content (AvgIpc) is 3.41. The van der Waals surface area contributed by atoms with Gasteiger partial charge in [0.05, 0.1) is 30.5 Å². The topological polar surface area (TPSA) is 82.5 Å². The second-order valence-electron chi connectivity index (χ2n) is 8.75. The number of allylic oxidation sites excluding steroid dienone is 2. The third kappa shape index (κ3) is 5.72. The van der Waals surface area contributed by atoms with Gasteiger partial charge in [-0.05, 0) is 37.1 Å². The summed E-state index contributed by atoms with van der Waals surface area (Å²) in [7, 11) is 1.18. The number of imidazole rings is 1. The van der Waals surface area contributed by atoms with Crippen LogP contribution in [0.4, 0.5) is 8.78 Å². The summed E-state index contributed by atoms with van der Waals surface area (Å²) >= 11 is 0. The number of methoxy groups -OCH3 is 1. The Bertz CT molecular complexity index is 1420. The summed E-state index contributed by atoms with van der Waals surface area (Å²) < 4.78 is 41.3. The van der Waals surface area contributed by atoms with Gasteiger partial charge in [0, 0.05) is 35.9 Å². The second kappa shape index (κ2) is 11.7. The Morgan fingerprint density at radius 1 is 1.05 bits per heavy atom. The van der Waals surface area contributed by atoms with Crippen LogP contribution in [0.1, 0.15) is 36.5 Å². The Balaban J connectivity index is 1.51. The van der Waals surface area contributed by atoms with Crippen LogP contribution in [-0.2, 0) is 25.6 Å². The number of dihydropyridines is 1. The monoisotopic (exact) mass is 519 g/mol. The maximum Gasteiger partial charge on any atom is 0.337 e. The number of hydrogen-bond donors (Lipinski definition) is 1. The van der Waals surface area contributed by atoms with E-state index in [1.807, 2.05) is 41.1 Å². The predicted molar refractivity (Wildman–Crippen MR) is 137 cm³/mol. The fraction of sp³-hybridized carbons (Fsp3) is 0.207. The number of hydrogen-bond acceptors (Lipinski definition) is 6. The van der Waals surface area contributed by atoms with Crippen molar-refractivity contribution in [1.82, 2.24) is 14.9 Å². The Labute approximate surface area is 219 Å². The Hall–Kier alpha value is -4.53. The number of aromatic nitrogens is 2. The molecule has 1 atom stereocenters. The third-order valence-electron chi connectivity index (χ3n) is 6.20. The van der Waals surface area contributed by atoms with Gasteiger partial charge >= 0.3 is 11.9 Å². The van der Waals surface area contributed by atoms with E-state index in [2.05, 4.69) is 10.3 Å². The fourth-order valence-corrected chi connectivity index (χ4v) is 4.41. The van der Waals surface area contributed by atoms with Gasteiger partial charge < -0.3 is 19.4 Å². The maximum absolute atomic E-state index is 14.9. The van der Waals surface area contributed by atoms with Crippen LogP contribution in [0.5, 0.6) is 0 Å². The summed E-state index contributed by atoms with van der Waals surface area (Å²) in [6.45, 7) is 3.85. The van der Waals surface area contributed by atoms with Gasteiger partial charge in [-0.15, -0.1) is 0 Å². The molecule has 7 nitrogen and oxygen atoms in total. The molecule has 0 amide bonds. The van der Waals surface area contributed by atoms with E-state index >= 15 is 0 Å². The SMILES string of the molecule is COC(=O)C1=C(C)NC(C)=C(C(=O)OCC=Cc2ccc(Cn3ccnc3)cc2)C1c1cccc(F)c1F. The number of carbonyl (C=O) groups excluding carboxylic acids is 2. The molecule has 0 saturated heterocycles. The van der Waals surface area contributed by atoms with Crippen LogP contribution in [0.15, 0.2) is 89.8 Å². The molecular formula is C29H27F2N3O4. The maximum atomic E-state index is 14.9. The molecule has 0 fully saturated rings. The molecule has 0 saturated carbocycles. The van der Waals surface area contributed by atoms with Gasteiger partial charge in [-0.25, -0.2) is 23.4 Å². The predicted octanol–water partition coefficient (Wildman–Crippen LogP) is 4.87. The van der Waals surface area contributed by atoms with Crippen LogP contribution in [0, 0.1) is 11.6 Å². The molecule has 2 aromatic carbocycles. The zero-order valence-corrected chi connectivity index (χ0v) is 21.2. The molecule has 0 radical (unpaired) electrons. The molecule has 196 valence electrons. The van der Waals surface area contributed by atoms with Crippen molar-refractivity contribution < 1.29 is 27.8 Å². The first-order valence-electron chi connectivity index (χ1n) is 11.9. The van der Waals surface area contributed by atoms with Crippen LogP contribution < -0.4 is 5.32 Å². The van der Waals surface area contributed by atoms with Crippen molar-refractivity contribution in [1.29, 1.82) is 0 Å². The molecule has 0 bridgehead atoms. The summed E-state index contributed by atoms with van der Waals surface area (Å²) in [6, 6.07) is 11.5. The number of ether oxygens (including phenoxy) is 2. The van der Waals surface area contributed by atoms with E-state index in [4.69, 9.17) is 9.47 Å². The normalized spacial score (nSPS) is 15.6. The van der Waals surface area contributed by atoms with E-state index in [0.29, 0.717) is 17.9 Å². The summed E-state index contributed by atoms with van der Waals surface area (Å²) in [5.41, 5.74) is 2.60. The van der Waals surface area contributed by atoms with E-state index in [0.717, 1.165) is 17.2 Å².